The van der Waals surface area contributed by atoms with Crippen LogP contribution in [0.25, 0.3) is 12.2 Å². The molecule has 2 heterocycles. The van der Waals surface area contributed by atoms with Crippen molar-refractivity contribution >= 4 is 29.7 Å². The van der Waals surface area contributed by atoms with Crippen LogP contribution in [0.3, 0.4) is 0 Å². The van der Waals surface area contributed by atoms with Crippen LogP contribution in [-0.4, -0.2) is 36.3 Å². The van der Waals surface area contributed by atoms with Crippen LogP contribution in [0.2, 0.25) is 5.02 Å². The lowest BCUT2D eigenvalue weighted by atomic mass is 10.1. The van der Waals surface area contributed by atoms with Crippen LogP contribution < -0.4 is 10.2 Å². The van der Waals surface area contributed by atoms with Crippen LogP contribution in [0, 0.1) is 6.92 Å². The number of anilines is 1. The first-order valence-electron chi connectivity index (χ1n) is 6.96. The zero-order chi connectivity index (χ0) is 14.7. The van der Waals surface area contributed by atoms with Crippen LogP contribution in [0.4, 0.5) is 5.95 Å². The molecule has 5 nitrogen and oxygen atoms in total. The summed E-state index contributed by atoms with van der Waals surface area (Å²) in [5, 5.41) is 8.07. The Hall–Kier alpha value is -1.85. The third kappa shape index (κ3) is 3.43. The van der Waals surface area contributed by atoms with Gasteiger partial charge in [0, 0.05) is 37.3 Å². The summed E-state index contributed by atoms with van der Waals surface area (Å²) in [7, 11) is 0. The molecule has 1 fully saturated rings. The lowest BCUT2D eigenvalue weighted by Crippen LogP contribution is -2.44. The molecule has 0 unspecified atom stereocenters. The van der Waals surface area contributed by atoms with Crippen molar-refractivity contribution in [1.29, 1.82) is 0 Å². The van der Waals surface area contributed by atoms with E-state index in [2.05, 4.69) is 20.4 Å². The molecular weight excluding hydrogens is 288 g/mol. The third-order valence-corrected chi connectivity index (χ3v) is 3.85. The summed E-state index contributed by atoms with van der Waals surface area (Å²) < 4.78 is 5.25. The molecule has 1 aromatic heterocycles. The topological polar surface area (TPSA) is 54.2 Å². The van der Waals surface area contributed by atoms with Gasteiger partial charge in [-0.3, -0.25) is 0 Å². The number of halogens is 1. The Morgan fingerprint density at radius 2 is 2.10 bits per heavy atom. The Morgan fingerprint density at radius 1 is 1.29 bits per heavy atom. The number of aryl methyl sites for hydroxylation is 1. The standard InChI is InChI=1S/C15H17ClN4O/c1-11-2-3-12(10-13(11)16)4-5-14-18-15(19-21-14)20-8-6-17-7-9-20/h2-5,10,17H,6-9H2,1H3/b5-4+. The van der Waals surface area contributed by atoms with Gasteiger partial charge in [-0.2, -0.15) is 4.98 Å². The van der Waals surface area contributed by atoms with Gasteiger partial charge in [-0.25, -0.2) is 0 Å². The second-order valence-corrected chi connectivity index (χ2v) is 5.42. The van der Waals surface area contributed by atoms with Gasteiger partial charge in [-0.05, 0) is 35.3 Å². The zero-order valence-electron chi connectivity index (χ0n) is 11.8. The molecule has 21 heavy (non-hydrogen) atoms. The highest BCUT2D eigenvalue weighted by atomic mass is 35.5. The molecule has 0 atom stereocenters. The summed E-state index contributed by atoms with van der Waals surface area (Å²) in [5.74, 6) is 1.15. The number of hydrogen-bond acceptors (Lipinski definition) is 5. The predicted octanol–water partition coefficient (Wildman–Crippen LogP) is 2.61. The van der Waals surface area contributed by atoms with Gasteiger partial charge in [0.2, 0.25) is 0 Å². The summed E-state index contributed by atoms with van der Waals surface area (Å²) in [5.41, 5.74) is 2.07. The fourth-order valence-corrected chi connectivity index (χ4v) is 2.36. The average Bonchev–Trinajstić information content (AvgIpc) is 2.98. The largest absolute Gasteiger partial charge is 0.336 e. The van der Waals surface area contributed by atoms with Gasteiger partial charge in [0.1, 0.15) is 0 Å². The lowest BCUT2D eigenvalue weighted by Gasteiger charge is -2.25. The molecular formula is C15H17ClN4O. The smallest absolute Gasteiger partial charge is 0.266 e. The maximum Gasteiger partial charge on any atom is 0.266 e. The fourth-order valence-electron chi connectivity index (χ4n) is 2.17. The molecule has 0 spiro atoms. The summed E-state index contributed by atoms with van der Waals surface area (Å²) in [6, 6.07) is 5.91. The van der Waals surface area contributed by atoms with E-state index in [1.165, 1.54) is 0 Å². The molecule has 0 amide bonds. The third-order valence-electron chi connectivity index (χ3n) is 3.45. The van der Waals surface area contributed by atoms with Crippen molar-refractivity contribution in [3.63, 3.8) is 0 Å². The predicted molar refractivity (Wildman–Crippen MR) is 84.5 cm³/mol. The van der Waals surface area contributed by atoms with Crippen molar-refractivity contribution in [3.8, 4) is 0 Å². The van der Waals surface area contributed by atoms with Crippen LogP contribution in [0.5, 0.6) is 0 Å². The number of nitrogens with one attached hydrogen (secondary N) is 1. The van der Waals surface area contributed by atoms with Crippen molar-refractivity contribution < 1.29 is 4.52 Å². The molecule has 1 aliphatic heterocycles. The normalized spacial score (nSPS) is 15.8. The van der Waals surface area contributed by atoms with E-state index in [4.69, 9.17) is 16.1 Å². The fraction of sp³-hybridized carbons (Fsp3) is 0.333. The second kappa shape index (κ2) is 6.28. The van der Waals surface area contributed by atoms with Crippen molar-refractivity contribution in [2.45, 2.75) is 6.92 Å². The van der Waals surface area contributed by atoms with Gasteiger partial charge in [-0.1, -0.05) is 23.7 Å². The van der Waals surface area contributed by atoms with E-state index in [1.807, 2.05) is 31.2 Å². The van der Waals surface area contributed by atoms with Crippen LogP contribution in [0.15, 0.2) is 22.7 Å². The molecule has 110 valence electrons. The van der Waals surface area contributed by atoms with E-state index in [-0.39, 0.29) is 0 Å². The second-order valence-electron chi connectivity index (χ2n) is 5.01. The van der Waals surface area contributed by atoms with E-state index >= 15 is 0 Å². The van der Waals surface area contributed by atoms with E-state index in [1.54, 1.807) is 6.08 Å². The van der Waals surface area contributed by atoms with Crippen LogP contribution in [-0.2, 0) is 0 Å². The number of benzene rings is 1. The molecule has 0 bridgehead atoms. The molecule has 6 heteroatoms. The van der Waals surface area contributed by atoms with Gasteiger partial charge < -0.3 is 14.7 Å². The van der Waals surface area contributed by atoms with E-state index in [0.29, 0.717) is 11.8 Å². The van der Waals surface area contributed by atoms with Gasteiger partial charge >= 0.3 is 0 Å². The molecule has 1 N–H and O–H groups in total. The van der Waals surface area contributed by atoms with Gasteiger partial charge in [0.05, 0.1) is 0 Å². The van der Waals surface area contributed by atoms with Crippen molar-refractivity contribution in [2.24, 2.45) is 0 Å². The maximum atomic E-state index is 6.10. The van der Waals surface area contributed by atoms with Crippen LogP contribution >= 0.6 is 11.6 Å². The molecule has 1 aliphatic rings. The van der Waals surface area contributed by atoms with E-state index in [9.17, 15) is 0 Å². The Morgan fingerprint density at radius 3 is 2.86 bits per heavy atom. The van der Waals surface area contributed by atoms with Gasteiger partial charge in [-0.15, -0.1) is 0 Å². The SMILES string of the molecule is Cc1ccc(/C=C/c2nc(N3CCNCC3)no2)cc1Cl. The number of nitrogens with zero attached hydrogens (tertiary/aromatic N) is 3. The minimum atomic E-state index is 0.500. The first kappa shape index (κ1) is 14.1. The summed E-state index contributed by atoms with van der Waals surface area (Å²) >= 11 is 6.10. The number of rotatable bonds is 3. The molecule has 2 aromatic rings. The van der Waals surface area contributed by atoms with Gasteiger partial charge in [0.25, 0.3) is 11.8 Å². The Labute approximate surface area is 128 Å². The molecule has 1 aromatic carbocycles. The number of hydrogen-bond donors (Lipinski definition) is 1. The van der Waals surface area contributed by atoms with Crippen molar-refractivity contribution in [3.05, 3.63) is 40.2 Å². The Balaban J connectivity index is 1.71. The highest BCUT2D eigenvalue weighted by Gasteiger charge is 2.15. The maximum absolute atomic E-state index is 6.10. The summed E-state index contributed by atoms with van der Waals surface area (Å²) in [6.07, 6.45) is 3.72. The zero-order valence-corrected chi connectivity index (χ0v) is 12.6. The van der Waals surface area contributed by atoms with E-state index < -0.39 is 0 Å². The molecule has 0 radical (unpaired) electrons. The Bertz CT molecular complexity index is 647. The van der Waals surface area contributed by atoms with E-state index in [0.717, 1.165) is 42.3 Å². The quantitative estimate of drug-likeness (QED) is 0.944. The number of aromatic nitrogens is 2. The highest BCUT2D eigenvalue weighted by molar-refractivity contribution is 6.31. The molecule has 3 rings (SSSR count). The molecule has 0 aliphatic carbocycles. The van der Waals surface area contributed by atoms with Crippen molar-refractivity contribution in [1.82, 2.24) is 15.5 Å². The first-order valence-corrected chi connectivity index (χ1v) is 7.34. The molecule has 1 saturated heterocycles. The molecule has 0 saturated carbocycles. The summed E-state index contributed by atoms with van der Waals surface area (Å²) in [4.78, 5) is 6.50. The monoisotopic (exact) mass is 304 g/mol. The minimum Gasteiger partial charge on any atom is -0.336 e. The van der Waals surface area contributed by atoms with Crippen LogP contribution in [0.1, 0.15) is 17.0 Å². The highest BCUT2D eigenvalue weighted by Crippen LogP contribution is 2.18. The Kier molecular flexibility index (Phi) is 4.22. The lowest BCUT2D eigenvalue weighted by molar-refractivity contribution is 0.407. The number of piperazine rings is 1. The van der Waals surface area contributed by atoms with Crippen molar-refractivity contribution in [2.75, 3.05) is 31.1 Å². The summed E-state index contributed by atoms with van der Waals surface area (Å²) in [6.45, 7) is 5.67. The first-order chi connectivity index (χ1) is 10.2. The van der Waals surface area contributed by atoms with Gasteiger partial charge in [0.15, 0.2) is 0 Å². The average molecular weight is 305 g/mol. The minimum absolute atomic E-state index is 0.500.